The Morgan fingerprint density at radius 2 is 2.11 bits per heavy atom. The van der Waals surface area contributed by atoms with Gasteiger partial charge in [0.25, 0.3) is 0 Å². The van der Waals surface area contributed by atoms with Gasteiger partial charge in [-0.05, 0) is 38.5 Å². The highest BCUT2D eigenvalue weighted by Gasteiger charge is 2.20. The number of fused-ring (bicyclic) bond motifs is 1. The van der Waals surface area contributed by atoms with Gasteiger partial charge in [0.05, 0.1) is 17.1 Å². The maximum Gasteiger partial charge on any atom is 0.165 e. The second kappa shape index (κ2) is 7.98. The fourth-order valence-corrected chi connectivity index (χ4v) is 3.58. The number of aryl methyl sites for hydroxylation is 3. The summed E-state index contributed by atoms with van der Waals surface area (Å²) < 4.78 is 7.81. The van der Waals surface area contributed by atoms with Crippen LogP contribution in [0.2, 0.25) is 0 Å². The lowest BCUT2D eigenvalue weighted by molar-refractivity contribution is 0.218. The van der Waals surface area contributed by atoms with Crippen LogP contribution >= 0.6 is 0 Å². The lowest BCUT2D eigenvalue weighted by Crippen LogP contribution is -2.27. The van der Waals surface area contributed by atoms with Gasteiger partial charge in [0.1, 0.15) is 6.61 Å². The maximum absolute atomic E-state index is 10.6. The molecule has 146 valence electrons. The van der Waals surface area contributed by atoms with Crippen LogP contribution in [0, 0.1) is 13.8 Å². The third-order valence-electron chi connectivity index (χ3n) is 4.96. The molecule has 1 N–H and O–H groups in total. The number of rotatable bonds is 5. The second-order valence-corrected chi connectivity index (χ2v) is 7.18. The number of benzene rings is 1. The largest absolute Gasteiger partial charge is 0.504 e. The zero-order valence-corrected chi connectivity index (χ0v) is 16.3. The molecule has 1 aliphatic heterocycles. The van der Waals surface area contributed by atoms with Crippen LogP contribution in [-0.2, 0) is 13.1 Å². The van der Waals surface area contributed by atoms with Gasteiger partial charge in [-0.3, -0.25) is 14.6 Å². The first-order valence-electron chi connectivity index (χ1n) is 9.59. The first-order valence-corrected chi connectivity index (χ1v) is 9.59. The molecule has 0 unspecified atom stereocenters. The monoisotopic (exact) mass is 379 g/mol. The summed E-state index contributed by atoms with van der Waals surface area (Å²) in [7, 11) is 0. The molecule has 28 heavy (non-hydrogen) atoms. The van der Waals surface area contributed by atoms with Gasteiger partial charge in [0.2, 0.25) is 0 Å². The van der Waals surface area contributed by atoms with Crippen molar-refractivity contribution in [1.82, 2.24) is 24.6 Å². The van der Waals surface area contributed by atoms with E-state index in [4.69, 9.17) is 4.74 Å². The van der Waals surface area contributed by atoms with Crippen molar-refractivity contribution in [1.29, 1.82) is 0 Å². The lowest BCUT2D eigenvalue weighted by Gasteiger charge is -2.19. The molecule has 0 aliphatic carbocycles. The molecular weight excluding hydrogens is 354 g/mol. The number of ether oxygens (including phenoxy) is 1. The van der Waals surface area contributed by atoms with E-state index in [9.17, 15) is 5.11 Å². The van der Waals surface area contributed by atoms with Gasteiger partial charge in [-0.25, -0.2) is 4.98 Å². The number of phenols is 1. The average Bonchev–Trinajstić information content (AvgIpc) is 3.10. The average molecular weight is 379 g/mol. The van der Waals surface area contributed by atoms with Crippen LogP contribution in [0.25, 0.3) is 11.3 Å². The molecule has 0 spiro atoms. The standard InChI is InChI=1S/C21H25N5O2/c1-15-13-22-16(2)20(24-15)17-11-18-14-25(6-4-8-26-7-3-5-23-26)9-10-28-21(18)19(27)12-17/h3,5,7,11-13,27H,4,6,8-10,14H2,1-2H3. The molecular formula is C21H25N5O2. The van der Waals surface area contributed by atoms with E-state index in [1.165, 1.54) is 0 Å². The van der Waals surface area contributed by atoms with Gasteiger partial charge in [-0.2, -0.15) is 5.10 Å². The molecule has 2 aromatic heterocycles. The Hall–Kier alpha value is -2.93. The van der Waals surface area contributed by atoms with Crippen molar-refractivity contribution in [3.05, 3.63) is 53.7 Å². The summed E-state index contributed by atoms with van der Waals surface area (Å²) in [5.41, 5.74) is 4.34. The van der Waals surface area contributed by atoms with Crippen molar-refractivity contribution in [2.24, 2.45) is 0 Å². The van der Waals surface area contributed by atoms with Gasteiger partial charge >= 0.3 is 0 Å². The van der Waals surface area contributed by atoms with Crippen LogP contribution < -0.4 is 4.74 Å². The summed E-state index contributed by atoms with van der Waals surface area (Å²) in [5.74, 6) is 0.741. The normalized spacial score (nSPS) is 14.4. The number of hydrogen-bond acceptors (Lipinski definition) is 6. The van der Waals surface area contributed by atoms with Gasteiger partial charge in [-0.1, -0.05) is 0 Å². The molecule has 7 heteroatoms. The fraction of sp³-hybridized carbons (Fsp3) is 0.381. The van der Waals surface area contributed by atoms with E-state index in [2.05, 4.69) is 26.0 Å². The molecule has 4 rings (SSSR count). The van der Waals surface area contributed by atoms with E-state index in [0.717, 1.165) is 60.8 Å². The zero-order valence-electron chi connectivity index (χ0n) is 16.3. The van der Waals surface area contributed by atoms with Gasteiger partial charge in [0, 0.05) is 55.9 Å². The van der Waals surface area contributed by atoms with Crippen molar-refractivity contribution in [2.75, 3.05) is 19.7 Å². The van der Waals surface area contributed by atoms with Crippen LogP contribution in [0.4, 0.5) is 0 Å². The molecule has 3 aromatic rings. The number of phenolic OH excluding ortho intramolecular Hbond substituents is 1. The number of hydrogen-bond donors (Lipinski definition) is 1. The Morgan fingerprint density at radius 3 is 2.93 bits per heavy atom. The van der Waals surface area contributed by atoms with Gasteiger partial charge in [-0.15, -0.1) is 0 Å². The third-order valence-corrected chi connectivity index (χ3v) is 4.96. The van der Waals surface area contributed by atoms with E-state index in [-0.39, 0.29) is 5.75 Å². The minimum atomic E-state index is 0.161. The Morgan fingerprint density at radius 1 is 1.21 bits per heavy atom. The smallest absolute Gasteiger partial charge is 0.165 e. The first-order chi connectivity index (χ1) is 13.6. The minimum Gasteiger partial charge on any atom is -0.504 e. The Labute approximate surface area is 164 Å². The third kappa shape index (κ3) is 3.99. The first kappa shape index (κ1) is 18.4. The second-order valence-electron chi connectivity index (χ2n) is 7.18. The van der Waals surface area contributed by atoms with E-state index >= 15 is 0 Å². The highest BCUT2D eigenvalue weighted by atomic mass is 16.5. The molecule has 7 nitrogen and oxygen atoms in total. The van der Waals surface area contributed by atoms with Crippen molar-refractivity contribution in [3.63, 3.8) is 0 Å². The van der Waals surface area contributed by atoms with Crippen molar-refractivity contribution in [3.8, 4) is 22.8 Å². The van der Waals surface area contributed by atoms with Crippen LogP contribution in [0.3, 0.4) is 0 Å². The van der Waals surface area contributed by atoms with Crippen molar-refractivity contribution < 1.29 is 9.84 Å². The summed E-state index contributed by atoms with van der Waals surface area (Å²) in [6, 6.07) is 5.73. The van der Waals surface area contributed by atoms with Crippen molar-refractivity contribution in [2.45, 2.75) is 33.4 Å². The van der Waals surface area contributed by atoms with Crippen LogP contribution in [0.15, 0.2) is 36.8 Å². The molecule has 0 saturated carbocycles. The zero-order chi connectivity index (χ0) is 19.5. The molecule has 1 aromatic carbocycles. The minimum absolute atomic E-state index is 0.161. The number of aromatic hydroxyl groups is 1. The van der Waals surface area contributed by atoms with Crippen LogP contribution in [0.5, 0.6) is 11.5 Å². The predicted octanol–water partition coefficient (Wildman–Crippen LogP) is 2.95. The van der Waals surface area contributed by atoms with Gasteiger partial charge < -0.3 is 9.84 Å². The Bertz CT molecular complexity index is 956. The predicted molar refractivity (Wildman–Crippen MR) is 106 cm³/mol. The van der Waals surface area contributed by atoms with Crippen LogP contribution in [-0.4, -0.2) is 49.5 Å². The number of nitrogens with zero attached hydrogens (tertiary/aromatic N) is 5. The fourth-order valence-electron chi connectivity index (χ4n) is 3.58. The molecule has 0 radical (unpaired) electrons. The molecule has 1 aliphatic rings. The van der Waals surface area contributed by atoms with E-state index in [1.54, 1.807) is 18.5 Å². The summed E-state index contributed by atoms with van der Waals surface area (Å²) in [6.07, 6.45) is 6.55. The maximum atomic E-state index is 10.6. The quantitative estimate of drug-likeness (QED) is 0.735. The Balaban J connectivity index is 1.55. The summed E-state index contributed by atoms with van der Waals surface area (Å²) >= 11 is 0. The topological polar surface area (TPSA) is 76.3 Å². The van der Waals surface area contributed by atoms with Crippen LogP contribution in [0.1, 0.15) is 23.4 Å². The molecule has 0 amide bonds. The molecule has 0 bridgehead atoms. The van der Waals surface area contributed by atoms with E-state index < -0.39 is 0 Å². The van der Waals surface area contributed by atoms with Gasteiger partial charge in [0.15, 0.2) is 11.5 Å². The van der Waals surface area contributed by atoms with E-state index in [1.807, 2.05) is 30.8 Å². The molecule has 0 saturated heterocycles. The summed E-state index contributed by atoms with van der Waals surface area (Å²) in [5, 5.41) is 14.8. The van der Waals surface area contributed by atoms with Crippen molar-refractivity contribution >= 4 is 0 Å². The highest BCUT2D eigenvalue weighted by molar-refractivity contribution is 5.67. The molecule has 0 atom stereocenters. The molecule has 0 fully saturated rings. The lowest BCUT2D eigenvalue weighted by atomic mass is 10.0. The number of aromatic nitrogens is 4. The highest BCUT2D eigenvalue weighted by Crippen LogP contribution is 2.37. The summed E-state index contributed by atoms with van der Waals surface area (Å²) in [6.45, 7) is 7.80. The summed E-state index contributed by atoms with van der Waals surface area (Å²) in [4.78, 5) is 11.4. The molecule has 3 heterocycles. The van der Waals surface area contributed by atoms with E-state index in [0.29, 0.717) is 12.4 Å². The Kier molecular flexibility index (Phi) is 5.25. The SMILES string of the molecule is Cc1cnc(C)c(-c2cc(O)c3c(c2)CN(CCCn2cccn2)CCO3)n1.